The highest BCUT2D eigenvalue weighted by molar-refractivity contribution is 6.36. The van der Waals surface area contributed by atoms with Crippen molar-refractivity contribution in [1.29, 1.82) is 0 Å². The van der Waals surface area contributed by atoms with Crippen LogP contribution in [0, 0.1) is 5.82 Å². The van der Waals surface area contributed by atoms with Crippen molar-refractivity contribution in [1.82, 2.24) is 0 Å². The zero-order valence-electron chi connectivity index (χ0n) is 17.5. The largest absolute Gasteiger partial charge is 0.467 e. The summed E-state index contributed by atoms with van der Waals surface area (Å²) in [6.07, 6.45) is 0.468. The van der Waals surface area contributed by atoms with Gasteiger partial charge in [-0.3, -0.25) is 0 Å². The molecule has 7 heteroatoms. The van der Waals surface area contributed by atoms with E-state index in [0.29, 0.717) is 32.5 Å². The Morgan fingerprint density at radius 2 is 1.80 bits per heavy atom. The smallest absolute Gasteiger partial charge is 0.333 e. The van der Waals surface area contributed by atoms with E-state index in [0.717, 1.165) is 5.56 Å². The lowest BCUT2D eigenvalue weighted by atomic mass is 9.94. The van der Waals surface area contributed by atoms with Gasteiger partial charge in [0.25, 0.3) is 0 Å². The number of esters is 1. The molecule has 2 aromatic rings. The van der Waals surface area contributed by atoms with Crippen LogP contribution in [-0.2, 0) is 27.1 Å². The first-order chi connectivity index (χ1) is 14.2. The number of methoxy groups -OCH3 is 2. The Balaban J connectivity index is 2.35. The molecule has 2 aromatic carbocycles. The molecule has 0 saturated carbocycles. The molecule has 0 heterocycles. The lowest BCUT2D eigenvalue weighted by Gasteiger charge is -2.18. The number of carbonyl (C=O) groups is 1. The van der Waals surface area contributed by atoms with Crippen molar-refractivity contribution in [2.45, 2.75) is 32.6 Å². The fourth-order valence-corrected chi connectivity index (χ4v) is 3.79. The van der Waals surface area contributed by atoms with Crippen LogP contribution < -0.4 is 4.74 Å². The van der Waals surface area contributed by atoms with Gasteiger partial charge in [-0.1, -0.05) is 49.7 Å². The molecule has 0 bridgehead atoms. The van der Waals surface area contributed by atoms with E-state index in [4.69, 9.17) is 32.7 Å². The minimum Gasteiger partial charge on any atom is -0.467 e. The minimum absolute atomic E-state index is 0.0362. The summed E-state index contributed by atoms with van der Waals surface area (Å²) in [6, 6.07) is 6.79. The molecule has 4 nitrogen and oxygen atoms in total. The SMILES string of the molecule is C=C(Cc1cc(Cl)c(Cc2ccc(OCOC)c(C(C)C)c2F)c(Cl)c1)C(=O)OC. The molecule has 0 atom stereocenters. The second-order valence-corrected chi connectivity index (χ2v) is 7.96. The first kappa shape index (κ1) is 24.2. The van der Waals surface area contributed by atoms with Gasteiger partial charge in [0.2, 0.25) is 0 Å². The predicted octanol–water partition coefficient (Wildman–Crippen LogP) is 6.10. The maximum atomic E-state index is 15.3. The molecular weight excluding hydrogens is 430 g/mol. The van der Waals surface area contributed by atoms with Crippen LogP contribution in [-0.4, -0.2) is 27.0 Å². The van der Waals surface area contributed by atoms with Crippen LogP contribution in [0.4, 0.5) is 4.39 Å². The summed E-state index contributed by atoms with van der Waals surface area (Å²) in [7, 11) is 2.80. The molecule has 0 unspecified atom stereocenters. The van der Waals surface area contributed by atoms with Gasteiger partial charge in [0, 0.05) is 41.1 Å². The van der Waals surface area contributed by atoms with Gasteiger partial charge in [0.1, 0.15) is 11.6 Å². The quantitative estimate of drug-likeness (QED) is 0.260. The van der Waals surface area contributed by atoms with E-state index in [-0.39, 0.29) is 36.9 Å². The highest BCUT2D eigenvalue weighted by atomic mass is 35.5. The lowest BCUT2D eigenvalue weighted by Crippen LogP contribution is -2.08. The summed E-state index contributed by atoms with van der Waals surface area (Å²) in [4.78, 5) is 11.6. The molecule has 0 aliphatic heterocycles. The topological polar surface area (TPSA) is 44.8 Å². The van der Waals surface area contributed by atoms with E-state index in [2.05, 4.69) is 11.3 Å². The molecule has 0 amide bonds. The molecule has 0 N–H and O–H groups in total. The van der Waals surface area contributed by atoms with Crippen molar-refractivity contribution in [3.05, 3.63) is 74.5 Å². The molecule has 0 aliphatic carbocycles. The Morgan fingerprint density at radius 1 is 1.17 bits per heavy atom. The van der Waals surface area contributed by atoms with Crippen molar-refractivity contribution in [3.8, 4) is 5.75 Å². The third-order valence-electron chi connectivity index (χ3n) is 4.59. The summed E-state index contributed by atoms with van der Waals surface area (Å²) in [6.45, 7) is 7.53. The van der Waals surface area contributed by atoms with Crippen molar-refractivity contribution >= 4 is 29.2 Å². The van der Waals surface area contributed by atoms with Gasteiger partial charge in [-0.15, -0.1) is 0 Å². The summed E-state index contributed by atoms with van der Waals surface area (Å²) in [5.74, 6) is -0.490. The molecular formula is C23H25Cl2FO4. The summed E-state index contributed by atoms with van der Waals surface area (Å²) in [5, 5.41) is 0.778. The van der Waals surface area contributed by atoms with Crippen molar-refractivity contribution < 1.29 is 23.4 Å². The Hall–Kier alpha value is -2.08. The first-order valence-corrected chi connectivity index (χ1v) is 10.1. The van der Waals surface area contributed by atoms with E-state index in [1.54, 1.807) is 24.3 Å². The first-order valence-electron chi connectivity index (χ1n) is 9.35. The van der Waals surface area contributed by atoms with Gasteiger partial charge in [0.05, 0.1) is 7.11 Å². The fourth-order valence-electron chi connectivity index (χ4n) is 3.12. The van der Waals surface area contributed by atoms with Crippen molar-refractivity contribution in [2.24, 2.45) is 0 Å². The van der Waals surface area contributed by atoms with Crippen LogP contribution in [0.1, 0.15) is 42.0 Å². The van der Waals surface area contributed by atoms with Gasteiger partial charge in [-0.05, 0) is 40.8 Å². The maximum absolute atomic E-state index is 15.3. The van der Waals surface area contributed by atoms with Gasteiger partial charge in [-0.2, -0.15) is 0 Å². The number of hydrogen-bond acceptors (Lipinski definition) is 4. The van der Waals surface area contributed by atoms with Crippen molar-refractivity contribution in [3.63, 3.8) is 0 Å². The van der Waals surface area contributed by atoms with Crippen LogP contribution in [0.3, 0.4) is 0 Å². The van der Waals surface area contributed by atoms with E-state index < -0.39 is 5.97 Å². The monoisotopic (exact) mass is 454 g/mol. The summed E-state index contributed by atoms with van der Waals surface area (Å²) < 4.78 is 30.4. The third-order valence-corrected chi connectivity index (χ3v) is 5.26. The normalized spacial score (nSPS) is 10.9. The lowest BCUT2D eigenvalue weighted by molar-refractivity contribution is -0.136. The number of benzene rings is 2. The van der Waals surface area contributed by atoms with Crippen molar-refractivity contribution in [2.75, 3.05) is 21.0 Å². The van der Waals surface area contributed by atoms with E-state index >= 15 is 4.39 Å². The maximum Gasteiger partial charge on any atom is 0.333 e. The van der Waals surface area contributed by atoms with Gasteiger partial charge in [-0.25, -0.2) is 9.18 Å². The molecule has 2 rings (SSSR count). The highest BCUT2D eigenvalue weighted by Crippen LogP contribution is 2.35. The number of halogens is 3. The molecule has 0 fully saturated rings. The number of hydrogen-bond donors (Lipinski definition) is 0. The van der Waals surface area contributed by atoms with Crippen LogP contribution in [0.15, 0.2) is 36.4 Å². The second-order valence-electron chi connectivity index (χ2n) is 7.14. The summed E-state index contributed by atoms with van der Waals surface area (Å²) >= 11 is 12.9. The number of rotatable bonds is 9. The molecule has 0 radical (unpaired) electrons. The van der Waals surface area contributed by atoms with Gasteiger partial charge in [0.15, 0.2) is 6.79 Å². The zero-order valence-corrected chi connectivity index (χ0v) is 19.0. The Kier molecular flexibility index (Phi) is 8.71. The van der Waals surface area contributed by atoms with E-state index in [1.807, 2.05) is 13.8 Å². The van der Waals surface area contributed by atoms with Crippen LogP contribution in [0.2, 0.25) is 10.0 Å². The molecule has 0 saturated heterocycles. The number of ether oxygens (including phenoxy) is 3. The fraction of sp³-hybridized carbons (Fsp3) is 0.348. The minimum atomic E-state index is -0.495. The van der Waals surface area contributed by atoms with Crippen LogP contribution >= 0.6 is 23.2 Å². The average molecular weight is 455 g/mol. The van der Waals surface area contributed by atoms with Crippen LogP contribution in [0.25, 0.3) is 0 Å². The summed E-state index contributed by atoms with van der Waals surface area (Å²) in [5.41, 5.74) is 2.54. The van der Waals surface area contributed by atoms with Gasteiger partial charge >= 0.3 is 5.97 Å². The van der Waals surface area contributed by atoms with E-state index in [1.165, 1.54) is 14.2 Å². The van der Waals surface area contributed by atoms with Crippen LogP contribution in [0.5, 0.6) is 5.75 Å². The Bertz CT molecular complexity index is 918. The Labute approximate surface area is 186 Å². The second kappa shape index (κ2) is 10.8. The molecule has 30 heavy (non-hydrogen) atoms. The third kappa shape index (κ3) is 5.75. The Morgan fingerprint density at radius 3 is 2.33 bits per heavy atom. The van der Waals surface area contributed by atoms with Gasteiger partial charge < -0.3 is 14.2 Å². The standard InChI is InChI=1S/C23H25Cl2FO4/c1-13(2)21-20(30-12-28-4)7-6-16(22(21)26)11-17-18(24)9-15(10-19(17)25)8-14(3)23(27)29-5/h6-7,9-10,13H,3,8,11-12H2,1-2,4-5H3. The molecule has 162 valence electrons. The zero-order chi connectivity index (χ0) is 22.4. The van der Waals surface area contributed by atoms with E-state index in [9.17, 15) is 4.79 Å². The average Bonchev–Trinajstić information content (AvgIpc) is 2.69. The highest BCUT2D eigenvalue weighted by Gasteiger charge is 2.20. The predicted molar refractivity (Wildman–Crippen MR) is 117 cm³/mol. The molecule has 0 aliphatic rings. The number of carbonyl (C=O) groups excluding carboxylic acids is 1. The molecule has 0 spiro atoms. The molecule has 0 aromatic heterocycles.